The summed E-state index contributed by atoms with van der Waals surface area (Å²) in [5.41, 5.74) is 2.76. The highest BCUT2D eigenvalue weighted by atomic mass is 16.5. The lowest BCUT2D eigenvalue weighted by Gasteiger charge is -2.39. The van der Waals surface area contributed by atoms with Crippen molar-refractivity contribution in [2.75, 3.05) is 19.5 Å². The number of aromatic nitrogens is 2. The van der Waals surface area contributed by atoms with Crippen LogP contribution in [0.3, 0.4) is 0 Å². The maximum Gasteiger partial charge on any atom is 0.237 e. The number of anilines is 1. The van der Waals surface area contributed by atoms with E-state index in [4.69, 9.17) is 19.4 Å². The fourth-order valence-corrected chi connectivity index (χ4v) is 5.68. The second kappa shape index (κ2) is 6.42. The molecule has 6 heteroatoms. The van der Waals surface area contributed by atoms with Crippen molar-refractivity contribution in [3.63, 3.8) is 0 Å². The molecule has 0 spiro atoms. The summed E-state index contributed by atoms with van der Waals surface area (Å²) < 4.78 is 10.8. The summed E-state index contributed by atoms with van der Waals surface area (Å²) in [6.45, 7) is 6.59. The van der Waals surface area contributed by atoms with Gasteiger partial charge in [-0.05, 0) is 42.5 Å². The highest BCUT2D eigenvalue weighted by Gasteiger charge is 2.73. The number of methoxy groups -OCH3 is 2. The number of nitrogens with zero attached hydrogens (tertiary/aromatic N) is 2. The molecule has 2 unspecified atom stereocenters. The van der Waals surface area contributed by atoms with Crippen molar-refractivity contribution in [2.24, 2.45) is 5.41 Å². The maximum absolute atomic E-state index is 14.0. The normalized spacial score (nSPS) is 25.3. The van der Waals surface area contributed by atoms with Crippen LogP contribution in [0.25, 0.3) is 11.0 Å². The van der Waals surface area contributed by atoms with E-state index >= 15 is 0 Å². The van der Waals surface area contributed by atoms with Crippen molar-refractivity contribution < 1.29 is 14.3 Å². The Morgan fingerprint density at radius 3 is 2.26 bits per heavy atom. The van der Waals surface area contributed by atoms with E-state index in [-0.39, 0.29) is 16.7 Å². The monoisotopic (exact) mass is 417 g/mol. The number of ether oxygens (including phenoxy) is 2. The van der Waals surface area contributed by atoms with E-state index in [0.717, 1.165) is 35.3 Å². The molecule has 5 rings (SSSR count). The molecule has 3 aromatic rings. The van der Waals surface area contributed by atoms with E-state index < -0.39 is 5.41 Å². The van der Waals surface area contributed by atoms with Crippen LogP contribution in [0, 0.1) is 5.41 Å². The van der Waals surface area contributed by atoms with Gasteiger partial charge in [0.1, 0.15) is 11.5 Å². The zero-order chi connectivity index (χ0) is 22.0. The molecule has 2 aromatic carbocycles. The molecule has 1 saturated carbocycles. The maximum atomic E-state index is 14.0. The third-order valence-corrected chi connectivity index (χ3v) is 7.99. The van der Waals surface area contributed by atoms with Crippen LogP contribution in [0.2, 0.25) is 0 Å². The average molecular weight is 418 g/mol. The minimum atomic E-state index is -0.765. The number of hydrogen-bond donors (Lipinski definition) is 1. The fourth-order valence-electron chi connectivity index (χ4n) is 5.68. The van der Waals surface area contributed by atoms with Gasteiger partial charge in [-0.3, -0.25) is 4.79 Å². The van der Waals surface area contributed by atoms with Crippen molar-refractivity contribution in [1.82, 2.24) is 9.97 Å². The molecule has 0 radical (unpaired) electrons. The predicted molar refractivity (Wildman–Crippen MR) is 120 cm³/mol. The van der Waals surface area contributed by atoms with E-state index in [0.29, 0.717) is 17.2 Å². The van der Waals surface area contributed by atoms with Crippen LogP contribution in [-0.4, -0.2) is 30.1 Å². The summed E-state index contributed by atoms with van der Waals surface area (Å²) in [6.07, 6.45) is 1.63. The van der Waals surface area contributed by atoms with Crippen LogP contribution in [0.1, 0.15) is 45.0 Å². The number of carbonyl (C=O) groups excluding carboxylic acids is 1. The van der Waals surface area contributed by atoms with E-state index in [1.54, 1.807) is 20.3 Å². The molecule has 1 amide bonds. The molecular weight excluding hydrogens is 390 g/mol. The van der Waals surface area contributed by atoms with Crippen LogP contribution in [0.4, 0.5) is 5.69 Å². The quantitative estimate of drug-likeness (QED) is 0.671. The van der Waals surface area contributed by atoms with Gasteiger partial charge in [-0.25, -0.2) is 9.97 Å². The lowest BCUT2D eigenvalue weighted by Crippen LogP contribution is -2.48. The van der Waals surface area contributed by atoms with Gasteiger partial charge < -0.3 is 14.8 Å². The third-order valence-electron chi connectivity index (χ3n) is 7.99. The first-order valence-corrected chi connectivity index (χ1v) is 10.6. The van der Waals surface area contributed by atoms with Crippen molar-refractivity contribution >= 4 is 22.6 Å². The largest absolute Gasteiger partial charge is 0.497 e. The van der Waals surface area contributed by atoms with Crippen LogP contribution in [0.5, 0.6) is 11.5 Å². The van der Waals surface area contributed by atoms with Gasteiger partial charge in [0, 0.05) is 11.5 Å². The molecule has 1 fully saturated rings. The fraction of sp³-hybridized carbons (Fsp3) is 0.400. The molecule has 2 aliphatic carbocycles. The Kier molecular flexibility index (Phi) is 4.10. The minimum Gasteiger partial charge on any atom is -0.497 e. The molecule has 2 aliphatic rings. The molecular formula is C25H27N3O3. The third kappa shape index (κ3) is 2.36. The van der Waals surface area contributed by atoms with Gasteiger partial charge in [0.15, 0.2) is 0 Å². The standard InChI is InChI=1S/C25H27N3O3/c1-23(2)24(3)12-13-25(23,21-20(24)26-16-8-6-7-9-17(16)27-21)22(29)28-18-11-10-15(30-4)14-19(18)31-5/h6-11,14H,12-13H2,1-5H3,(H,28,29). The van der Waals surface area contributed by atoms with Crippen LogP contribution in [-0.2, 0) is 15.6 Å². The zero-order valence-electron chi connectivity index (χ0n) is 18.6. The van der Waals surface area contributed by atoms with E-state index in [1.165, 1.54) is 0 Å². The molecule has 1 N–H and O–H groups in total. The smallest absolute Gasteiger partial charge is 0.237 e. The molecule has 6 nitrogen and oxygen atoms in total. The molecule has 1 aromatic heterocycles. The summed E-state index contributed by atoms with van der Waals surface area (Å²) in [7, 11) is 3.19. The number of nitrogens with one attached hydrogen (secondary N) is 1. The Morgan fingerprint density at radius 2 is 1.61 bits per heavy atom. The first kappa shape index (κ1) is 19.8. The topological polar surface area (TPSA) is 73.3 Å². The van der Waals surface area contributed by atoms with Gasteiger partial charge in [-0.1, -0.05) is 32.9 Å². The Bertz CT molecular complexity index is 1220. The van der Waals surface area contributed by atoms with Crippen LogP contribution >= 0.6 is 0 Å². The van der Waals surface area contributed by atoms with Gasteiger partial charge in [0.25, 0.3) is 0 Å². The first-order chi connectivity index (χ1) is 14.8. The Labute approximate surface area is 182 Å². The van der Waals surface area contributed by atoms with E-state index in [1.807, 2.05) is 36.4 Å². The summed E-state index contributed by atoms with van der Waals surface area (Å²) in [4.78, 5) is 24.0. The average Bonchev–Trinajstić information content (AvgIpc) is 3.07. The van der Waals surface area contributed by atoms with E-state index in [2.05, 4.69) is 26.1 Å². The van der Waals surface area contributed by atoms with Gasteiger partial charge in [-0.15, -0.1) is 0 Å². The number of para-hydroxylation sites is 2. The number of fused-ring (bicyclic) bond motifs is 6. The van der Waals surface area contributed by atoms with Gasteiger partial charge >= 0.3 is 0 Å². The zero-order valence-corrected chi connectivity index (χ0v) is 18.6. The number of rotatable bonds is 4. The van der Waals surface area contributed by atoms with Crippen LogP contribution < -0.4 is 14.8 Å². The Morgan fingerprint density at radius 1 is 0.935 bits per heavy atom. The summed E-state index contributed by atoms with van der Waals surface area (Å²) in [6, 6.07) is 13.3. The van der Waals surface area contributed by atoms with Crippen molar-refractivity contribution in [2.45, 2.75) is 44.4 Å². The van der Waals surface area contributed by atoms with E-state index in [9.17, 15) is 4.79 Å². The SMILES string of the molecule is COc1ccc(NC(=O)C23CCC(C)(c4nc5ccccc5nc42)C3(C)C)c(OC)c1. The summed E-state index contributed by atoms with van der Waals surface area (Å²) in [5.74, 6) is 1.17. The van der Waals surface area contributed by atoms with Gasteiger partial charge in [-0.2, -0.15) is 0 Å². The van der Waals surface area contributed by atoms with Crippen molar-refractivity contribution in [3.8, 4) is 11.5 Å². The molecule has 2 bridgehead atoms. The summed E-state index contributed by atoms with van der Waals surface area (Å²) in [5, 5.41) is 3.15. The second-order valence-electron chi connectivity index (χ2n) is 9.29. The molecule has 1 heterocycles. The van der Waals surface area contributed by atoms with Crippen molar-refractivity contribution in [1.29, 1.82) is 0 Å². The van der Waals surface area contributed by atoms with Crippen LogP contribution in [0.15, 0.2) is 42.5 Å². The second-order valence-corrected chi connectivity index (χ2v) is 9.29. The van der Waals surface area contributed by atoms with Gasteiger partial charge in [0.2, 0.25) is 5.91 Å². The molecule has 0 saturated heterocycles. The number of benzene rings is 2. The lowest BCUT2D eigenvalue weighted by atomic mass is 9.63. The minimum absolute atomic E-state index is 0.0620. The predicted octanol–water partition coefficient (Wildman–Crippen LogP) is 4.61. The molecule has 2 atom stereocenters. The summed E-state index contributed by atoms with van der Waals surface area (Å²) >= 11 is 0. The molecule has 0 aliphatic heterocycles. The van der Waals surface area contributed by atoms with Crippen molar-refractivity contribution in [3.05, 3.63) is 53.9 Å². The highest BCUT2D eigenvalue weighted by Crippen LogP contribution is 2.70. The number of hydrogen-bond acceptors (Lipinski definition) is 5. The van der Waals surface area contributed by atoms with Gasteiger partial charge in [0.05, 0.1) is 47.7 Å². The first-order valence-electron chi connectivity index (χ1n) is 10.6. The Hall–Kier alpha value is -3.15. The number of amides is 1. The molecule has 31 heavy (non-hydrogen) atoms. The lowest BCUT2D eigenvalue weighted by molar-refractivity contribution is -0.125. The highest BCUT2D eigenvalue weighted by molar-refractivity contribution is 6.02. The molecule has 160 valence electrons. The number of carbonyl (C=O) groups is 1. The Balaban J connectivity index is 1.65.